The van der Waals surface area contributed by atoms with Gasteiger partial charge in [-0.25, -0.2) is 4.79 Å². The van der Waals surface area contributed by atoms with E-state index in [-0.39, 0.29) is 30.9 Å². The van der Waals surface area contributed by atoms with Gasteiger partial charge in [-0.3, -0.25) is 14.4 Å². The first-order chi connectivity index (χ1) is 17.0. The molecule has 0 spiro atoms. The highest BCUT2D eigenvalue weighted by molar-refractivity contribution is 5.92. The van der Waals surface area contributed by atoms with Crippen LogP contribution in [0.15, 0.2) is 54.6 Å². The van der Waals surface area contributed by atoms with Crippen LogP contribution in [0.1, 0.15) is 31.4 Å². The Morgan fingerprint density at radius 1 is 0.833 bits per heavy atom. The highest BCUT2D eigenvalue weighted by Gasteiger charge is 2.26. The number of phenols is 1. The predicted octanol–water partition coefficient (Wildman–Crippen LogP) is 0.721. The van der Waals surface area contributed by atoms with E-state index in [4.69, 9.17) is 5.73 Å². The molecule has 194 valence electrons. The first-order valence-electron chi connectivity index (χ1n) is 11.7. The molecule has 0 fully saturated rings. The summed E-state index contributed by atoms with van der Waals surface area (Å²) < 4.78 is 0. The quantitative estimate of drug-likeness (QED) is 0.236. The molecular weight excluding hydrogens is 464 g/mol. The van der Waals surface area contributed by atoms with Crippen LogP contribution < -0.4 is 21.7 Å². The number of nitrogens with one attached hydrogen (secondary N) is 3. The minimum Gasteiger partial charge on any atom is -0.508 e. The Bertz CT molecular complexity index is 1030. The van der Waals surface area contributed by atoms with Gasteiger partial charge in [0.2, 0.25) is 17.7 Å². The van der Waals surface area contributed by atoms with Gasteiger partial charge in [0.15, 0.2) is 0 Å². The summed E-state index contributed by atoms with van der Waals surface area (Å²) in [6.45, 7) is 3.24. The van der Waals surface area contributed by atoms with Crippen molar-refractivity contribution >= 4 is 23.7 Å². The van der Waals surface area contributed by atoms with Crippen LogP contribution in [-0.4, -0.2) is 58.6 Å². The Morgan fingerprint density at radius 3 is 2.03 bits per heavy atom. The molecule has 3 atom stereocenters. The fourth-order valence-electron chi connectivity index (χ4n) is 3.55. The van der Waals surface area contributed by atoms with Crippen LogP contribution in [0.4, 0.5) is 0 Å². The van der Waals surface area contributed by atoms with E-state index in [0.29, 0.717) is 0 Å². The minimum atomic E-state index is -1.15. The maximum absolute atomic E-state index is 12.9. The zero-order valence-electron chi connectivity index (χ0n) is 20.4. The van der Waals surface area contributed by atoms with E-state index in [2.05, 4.69) is 16.0 Å². The largest absolute Gasteiger partial charge is 0.508 e. The smallest absolute Gasteiger partial charge is 0.326 e. The summed E-state index contributed by atoms with van der Waals surface area (Å²) in [7, 11) is 0. The fraction of sp³-hybridized carbons (Fsp3) is 0.385. The van der Waals surface area contributed by atoms with Crippen LogP contribution in [0.3, 0.4) is 0 Å². The van der Waals surface area contributed by atoms with Crippen molar-refractivity contribution in [2.75, 3.05) is 6.54 Å². The summed E-state index contributed by atoms with van der Waals surface area (Å²) in [4.78, 5) is 49.3. The van der Waals surface area contributed by atoms with Gasteiger partial charge < -0.3 is 31.9 Å². The number of aliphatic carboxylic acids is 1. The van der Waals surface area contributed by atoms with Gasteiger partial charge in [-0.1, -0.05) is 56.3 Å². The Hall–Kier alpha value is -3.92. The zero-order chi connectivity index (χ0) is 26.7. The number of hydrogen-bond acceptors (Lipinski definition) is 6. The Labute approximate surface area is 210 Å². The maximum atomic E-state index is 12.9. The molecule has 10 nitrogen and oxygen atoms in total. The Morgan fingerprint density at radius 2 is 1.44 bits per heavy atom. The molecule has 0 aliphatic heterocycles. The number of carbonyl (C=O) groups is 4. The first-order valence-corrected chi connectivity index (χ1v) is 11.7. The second-order valence-electron chi connectivity index (χ2n) is 9.03. The molecule has 2 aromatic rings. The number of rotatable bonds is 13. The normalized spacial score (nSPS) is 13.3. The fourth-order valence-corrected chi connectivity index (χ4v) is 3.55. The lowest BCUT2D eigenvalue weighted by Crippen LogP contribution is -2.54. The van der Waals surface area contributed by atoms with Crippen molar-refractivity contribution in [3.05, 3.63) is 65.7 Å². The highest BCUT2D eigenvalue weighted by Crippen LogP contribution is 2.11. The van der Waals surface area contributed by atoms with Crippen molar-refractivity contribution in [2.45, 2.75) is 51.2 Å². The Kier molecular flexibility index (Phi) is 10.9. The van der Waals surface area contributed by atoms with Gasteiger partial charge in [0.25, 0.3) is 0 Å². The first kappa shape index (κ1) is 28.3. The number of nitrogens with two attached hydrogens (primary N) is 1. The second kappa shape index (κ2) is 13.8. The van der Waals surface area contributed by atoms with Crippen molar-refractivity contribution in [3.63, 3.8) is 0 Å². The second-order valence-corrected chi connectivity index (χ2v) is 9.03. The molecule has 0 unspecified atom stereocenters. The van der Waals surface area contributed by atoms with Crippen molar-refractivity contribution in [3.8, 4) is 5.75 Å². The molecule has 0 heterocycles. The van der Waals surface area contributed by atoms with Gasteiger partial charge in [-0.15, -0.1) is 0 Å². The topological polar surface area (TPSA) is 171 Å². The molecule has 2 rings (SSSR count). The average molecular weight is 499 g/mol. The molecule has 36 heavy (non-hydrogen) atoms. The molecular formula is C26H34N4O6. The maximum Gasteiger partial charge on any atom is 0.326 e. The van der Waals surface area contributed by atoms with Crippen LogP contribution in [0.5, 0.6) is 5.75 Å². The zero-order valence-corrected chi connectivity index (χ0v) is 20.4. The third-order valence-electron chi connectivity index (χ3n) is 5.41. The number of hydrogen-bond donors (Lipinski definition) is 6. The molecule has 0 saturated carbocycles. The highest BCUT2D eigenvalue weighted by atomic mass is 16.4. The molecule has 0 aliphatic rings. The van der Waals surface area contributed by atoms with Crippen molar-refractivity contribution in [1.82, 2.24) is 16.0 Å². The number of aromatic hydroxyl groups is 1. The number of benzene rings is 2. The number of carbonyl (C=O) groups excluding carboxylic acids is 3. The minimum absolute atomic E-state index is 0.0530. The van der Waals surface area contributed by atoms with Crippen molar-refractivity contribution in [1.29, 1.82) is 0 Å². The lowest BCUT2D eigenvalue weighted by Gasteiger charge is -2.21. The van der Waals surface area contributed by atoms with Crippen LogP contribution >= 0.6 is 0 Å². The summed E-state index contributed by atoms with van der Waals surface area (Å²) in [5.74, 6) is -2.80. The summed E-state index contributed by atoms with van der Waals surface area (Å²) in [6, 6.07) is 12.3. The van der Waals surface area contributed by atoms with Gasteiger partial charge in [0, 0.05) is 6.42 Å². The van der Waals surface area contributed by atoms with Crippen LogP contribution in [0.25, 0.3) is 0 Å². The van der Waals surface area contributed by atoms with E-state index in [1.807, 2.05) is 19.9 Å². The number of carboxylic acids is 1. The molecule has 0 aromatic heterocycles. The lowest BCUT2D eigenvalue weighted by molar-refractivity contribution is -0.142. The van der Waals surface area contributed by atoms with Gasteiger partial charge in [0.1, 0.15) is 17.8 Å². The van der Waals surface area contributed by atoms with E-state index in [0.717, 1.165) is 11.1 Å². The molecule has 10 heteroatoms. The van der Waals surface area contributed by atoms with E-state index in [9.17, 15) is 29.4 Å². The predicted molar refractivity (Wildman–Crippen MR) is 134 cm³/mol. The molecule has 2 aromatic carbocycles. The molecule has 0 saturated heterocycles. The molecule has 7 N–H and O–H groups in total. The third kappa shape index (κ3) is 9.75. The van der Waals surface area contributed by atoms with E-state index >= 15 is 0 Å². The number of amides is 3. The number of phenolic OH excluding ortho intramolecular Hbond substituents is 1. The Balaban J connectivity index is 2.02. The third-order valence-corrected chi connectivity index (χ3v) is 5.41. The summed E-state index contributed by atoms with van der Waals surface area (Å²) in [6.07, 6.45) is 0.609. The molecule has 0 radical (unpaired) electrons. The van der Waals surface area contributed by atoms with Gasteiger partial charge in [0.05, 0.1) is 12.6 Å². The van der Waals surface area contributed by atoms with E-state index < -0.39 is 48.4 Å². The summed E-state index contributed by atoms with van der Waals surface area (Å²) in [5.41, 5.74) is 7.58. The average Bonchev–Trinajstić information content (AvgIpc) is 2.83. The van der Waals surface area contributed by atoms with Gasteiger partial charge in [-0.05, 0) is 42.0 Å². The summed E-state index contributed by atoms with van der Waals surface area (Å²) >= 11 is 0. The summed E-state index contributed by atoms with van der Waals surface area (Å²) in [5, 5.41) is 26.2. The van der Waals surface area contributed by atoms with Crippen LogP contribution in [0, 0.1) is 5.92 Å². The molecule has 0 aliphatic carbocycles. The van der Waals surface area contributed by atoms with Gasteiger partial charge in [-0.2, -0.15) is 0 Å². The van der Waals surface area contributed by atoms with Crippen molar-refractivity contribution in [2.24, 2.45) is 11.7 Å². The standard InChI is InChI=1S/C26H34N4O6/c1-16(2)12-22(26(35)36)29-23(32)15-28-25(34)21(14-17-6-4-3-5-7-17)30-24(33)20(27)13-18-8-10-19(31)11-9-18/h3-11,16,20-22,31H,12-15,27H2,1-2H3,(H,28,34)(H,29,32)(H,30,33)(H,35,36)/t20-,21-,22-/m0/s1. The van der Waals surface area contributed by atoms with Gasteiger partial charge >= 0.3 is 5.97 Å². The number of carboxylic acid groups (broad SMARTS) is 1. The monoisotopic (exact) mass is 498 g/mol. The van der Waals surface area contributed by atoms with E-state index in [1.54, 1.807) is 36.4 Å². The van der Waals surface area contributed by atoms with E-state index in [1.165, 1.54) is 12.1 Å². The van der Waals surface area contributed by atoms with Crippen LogP contribution in [0.2, 0.25) is 0 Å². The SMILES string of the molecule is CC(C)C[C@H](NC(=O)CNC(=O)[C@H](Cc1ccccc1)NC(=O)[C@@H](N)Cc1ccc(O)cc1)C(=O)O. The van der Waals surface area contributed by atoms with Crippen molar-refractivity contribution < 1.29 is 29.4 Å². The van der Waals surface area contributed by atoms with Crippen LogP contribution in [-0.2, 0) is 32.0 Å². The lowest BCUT2D eigenvalue weighted by atomic mass is 10.0. The molecule has 0 bridgehead atoms. The molecule has 3 amide bonds.